The van der Waals surface area contributed by atoms with E-state index in [-0.39, 0.29) is 16.1 Å². The number of rotatable bonds is 9. The predicted molar refractivity (Wildman–Crippen MR) is 143 cm³/mol. The zero-order chi connectivity index (χ0) is 26.6. The van der Waals surface area contributed by atoms with Crippen LogP contribution in [-0.2, 0) is 21.3 Å². The van der Waals surface area contributed by atoms with Crippen molar-refractivity contribution < 1.29 is 27.4 Å². The molecule has 1 N–H and O–H groups in total. The fourth-order valence-electron chi connectivity index (χ4n) is 3.71. The Morgan fingerprint density at radius 2 is 1.68 bits per heavy atom. The number of hydrogen-bond donors (Lipinski definition) is 1. The fraction of sp³-hybridized carbons (Fsp3) is 0.231. The van der Waals surface area contributed by atoms with Gasteiger partial charge in [-0.05, 0) is 31.2 Å². The zero-order valence-corrected chi connectivity index (χ0v) is 22.5. The summed E-state index contributed by atoms with van der Waals surface area (Å²) in [4.78, 5) is 18.3. The number of anilines is 1. The summed E-state index contributed by atoms with van der Waals surface area (Å²) in [6, 6.07) is 16.5. The summed E-state index contributed by atoms with van der Waals surface area (Å²) < 4.78 is 47.3. The molecular weight excluding hydrogens is 514 g/mol. The highest BCUT2D eigenvalue weighted by Crippen LogP contribution is 2.33. The van der Waals surface area contributed by atoms with Crippen molar-refractivity contribution in [3.05, 3.63) is 76.6 Å². The molecule has 0 unspecified atom stereocenters. The zero-order valence-electron chi connectivity index (χ0n) is 20.8. The molecule has 0 aliphatic carbocycles. The van der Waals surface area contributed by atoms with Crippen molar-refractivity contribution in [3.8, 4) is 11.5 Å². The lowest BCUT2D eigenvalue weighted by molar-refractivity contribution is 0.0998. The number of aromatic nitrogens is 1. The van der Waals surface area contributed by atoms with Gasteiger partial charge in [-0.1, -0.05) is 41.2 Å². The summed E-state index contributed by atoms with van der Waals surface area (Å²) >= 11 is 1.31. The average molecular weight is 542 g/mol. The summed E-state index contributed by atoms with van der Waals surface area (Å²) in [6.07, 6.45) is 0. The Kier molecular flexibility index (Phi) is 7.96. The summed E-state index contributed by atoms with van der Waals surface area (Å²) in [5.74, 6) is 0.524. The van der Waals surface area contributed by atoms with Crippen LogP contribution in [0.15, 0.2) is 70.6 Å². The molecule has 0 spiro atoms. The summed E-state index contributed by atoms with van der Waals surface area (Å²) in [5, 5.41) is 0. The van der Waals surface area contributed by atoms with E-state index < -0.39 is 15.9 Å². The Bertz CT molecular complexity index is 1610. The second kappa shape index (κ2) is 11.2. The van der Waals surface area contributed by atoms with E-state index in [2.05, 4.69) is 9.71 Å². The molecule has 11 heteroatoms. The summed E-state index contributed by atoms with van der Waals surface area (Å²) in [5.41, 5.74) is 2.02. The Labute approximate surface area is 219 Å². The van der Waals surface area contributed by atoms with Gasteiger partial charge in [0.1, 0.15) is 0 Å². The van der Waals surface area contributed by atoms with Crippen LogP contribution in [0.3, 0.4) is 0 Å². The van der Waals surface area contributed by atoms with Gasteiger partial charge >= 0.3 is 0 Å². The standard InChI is InChI=1S/C26H27N3O6S2/c1-17-9-11-18(12-10-17)37(31,32)28-20-8-6-5-7-19(20)25(30)27-26-29(13-14-33-2)21-15-22(34-3)23(35-4)16-24(21)36-26/h5-12,15-16,28H,13-14H2,1-4H3. The number of benzene rings is 3. The van der Waals surface area contributed by atoms with Crippen molar-refractivity contribution in [2.45, 2.75) is 18.4 Å². The van der Waals surface area contributed by atoms with E-state index in [4.69, 9.17) is 14.2 Å². The van der Waals surface area contributed by atoms with E-state index in [0.717, 1.165) is 15.8 Å². The first-order valence-corrected chi connectivity index (χ1v) is 13.6. The quantitative estimate of drug-likeness (QED) is 0.340. The SMILES string of the molecule is COCCn1c(=NC(=O)c2ccccc2NS(=O)(=O)c2ccc(C)cc2)sc2cc(OC)c(OC)cc21. The molecule has 1 amide bonds. The first-order valence-electron chi connectivity index (χ1n) is 11.3. The predicted octanol–water partition coefficient (Wildman–Crippen LogP) is 4.22. The van der Waals surface area contributed by atoms with Crippen molar-refractivity contribution in [3.63, 3.8) is 0 Å². The van der Waals surface area contributed by atoms with E-state index >= 15 is 0 Å². The number of nitrogens with one attached hydrogen (secondary N) is 1. The van der Waals surface area contributed by atoms with Crippen molar-refractivity contribution in [2.75, 3.05) is 32.7 Å². The third-order valence-electron chi connectivity index (χ3n) is 5.64. The van der Waals surface area contributed by atoms with Gasteiger partial charge in [0.25, 0.3) is 15.9 Å². The van der Waals surface area contributed by atoms with Gasteiger partial charge in [-0.2, -0.15) is 4.99 Å². The molecule has 4 aromatic rings. The monoisotopic (exact) mass is 541 g/mol. The molecule has 0 bridgehead atoms. The Morgan fingerprint density at radius 1 is 1.00 bits per heavy atom. The van der Waals surface area contributed by atoms with Gasteiger partial charge in [-0.25, -0.2) is 8.42 Å². The molecule has 37 heavy (non-hydrogen) atoms. The van der Waals surface area contributed by atoms with Crippen molar-refractivity contribution in [2.24, 2.45) is 4.99 Å². The molecule has 1 aromatic heterocycles. The summed E-state index contributed by atoms with van der Waals surface area (Å²) in [7, 11) is 0.798. The van der Waals surface area contributed by atoms with Crippen LogP contribution in [0, 0.1) is 6.92 Å². The van der Waals surface area contributed by atoms with Crippen molar-refractivity contribution >= 4 is 43.2 Å². The minimum Gasteiger partial charge on any atom is -0.493 e. The van der Waals surface area contributed by atoms with E-state index in [1.54, 1.807) is 45.6 Å². The molecule has 0 saturated heterocycles. The van der Waals surface area contributed by atoms with E-state index in [0.29, 0.717) is 29.5 Å². The van der Waals surface area contributed by atoms with Crippen LogP contribution < -0.4 is 19.0 Å². The smallest absolute Gasteiger partial charge is 0.281 e. The molecular formula is C26H27N3O6S2. The maximum Gasteiger partial charge on any atom is 0.281 e. The summed E-state index contributed by atoms with van der Waals surface area (Å²) in [6.45, 7) is 2.71. The highest BCUT2D eigenvalue weighted by atomic mass is 32.2. The van der Waals surface area contributed by atoms with Crippen molar-refractivity contribution in [1.82, 2.24) is 4.57 Å². The van der Waals surface area contributed by atoms with Gasteiger partial charge in [-0.3, -0.25) is 9.52 Å². The maximum absolute atomic E-state index is 13.4. The highest BCUT2D eigenvalue weighted by Gasteiger charge is 2.19. The molecule has 0 radical (unpaired) electrons. The first-order chi connectivity index (χ1) is 17.8. The van der Waals surface area contributed by atoms with Gasteiger partial charge < -0.3 is 18.8 Å². The van der Waals surface area contributed by atoms with Crippen molar-refractivity contribution in [1.29, 1.82) is 0 Å². The highest BCUT2D eigenvalue weighted by molar-refractivity contribution is 7.92. The van der Waals surface area contributed by atoms with Gasteiger partial charge in [0.2, 0.25) is 0 Å². The largest absolute Gasteiger partial charge is 0.493 e. The number of sulfonamides is 1. The van der Waals surface area contributed by atoms with E-state index in [1.807, 2.05) is 23.6 Å². The minimum atomic E-state index is -3.91. The topological polar surface area (TPSA) is 108 Å². The third-order valence-corrected chi connectivity index (χ3v) is 8.06. The molecule has 0 fully saturated rings. The van der Waals surface area contributed by atoms with Gasteiger partial charge in [0, 0.05) is 25.8 Å². The molecule has 4 rings (SSSR count). The number of amides is 1. The number of para-hydroxylation sites is 1. The van der Waals surface area contributed by atoms with Crippen LogP contribution >= 0.6 is 11.3 Å². The number of thiazole rings is 1. The van der Waals surface area contributed by atoms with E-state index in [1.165, 1.54) is 35.6 Å². The molecule has 0 aliphatic rings. The molecule has 9 nitrogen and oxygen atoms in total. The lowest BCUT2D eigenvalue weighted by atomic mass is 10.2. The van der Waals surface area contributed by atoms with Gasteiger partial charge in [0.15, 0.2) is 16.3 Å². The van der Waals surface area contributed by atoms with Crippen LogP contribution in [0.5, 0.6) is 11.5 Å². The number of hydrogen-bond acceptors (Lipinski definition) is 7. The van der Waals surface area contributed by atoms with Gasteiger partial charge in [-0.15, -0.1) is 0 Å². The molecule has 0 saturated carbocycles. The Balaban J connectivity index is 1.77. The normalized spacial score (nSPS) is 12.1. The third kappa shape index (κ3) is 5.68. The maximum atomic E-state index is 13.4. The van der Waals surface area contributed by atoms with Crippen LogP contribution in [0.1, 0.15) is 15.9 Å². The number of aryl methyl sites for hydroxylation is 1. The number of nitrogens with zero attached hydrogens (tertiary/aromatic N) is 2. The number of carbonyl (C=O) groups excluding carboxylic acids is 1. The number of fused-ring (bicyclic) bond motifs is 1. The lowest BCUT2D eigenvalue weighted by Crippen LogP contribution is -2.20. The second-order valence-corrected chi connectivity index (χ2v) is 10.8. The Morgan fingerprint density at radius 3 is 2.35 bits per heavy atom. The molecule has 3 aromatic carbocycles. The van der Waals surface area contributed by atoms with E-state index in [9.17, 15) is 13.2 Å². The fourth-order valence-corrected chi connectivity index (χ4v) is 5.85. The Hall–Kier alpha value is -3.67. The van der Waals surface area contributed by atoms with Crippen LogP contribution in [-0.4, -0.2) is 46.8 Å². The lowest BCUT2D eigenvalue weighted by Gasteiger charge is -2.11. The first kappa shape index (κ1) is 26.4. The second-order valence-electron chi connectivity index (χ2n) is 8.09. The molecule has 1 heterocycles. The van der Waals surface area contributed by atoms with Gasteiger partial charge in [0.05, 0.1) is 47.2 Å². The molecule has 194 valence electrons. The van der Waals surface area contributed by atoms with Crippen LogP contribution in [0.2, 0.25) is 0 Å². The number of methoxy groups -OCH3 is 3. The average Bonchev–Trinajstić information content (AvgIpc) is 3.22. The molecule has 0 aliphatic heterocycles. The van der Waals surface area contributed by atoms with Crippen LogP contribution in [0.4, 0.5) is 5.69 Å². The number of ether oxygens (including phenoxy) is 3. The molecule has 0 atom stereocenters. The van der Waals surface area contributed by atoms with Crippen LogP contribution in [0.25, 0.3) is 10.2 Å². The minimum absolute atomic E-state index is 0.0992. The number of carbonyl (C=O) groups is 1.